The Kier molecular flexibility index (Phi) is 4.86. The summed E-state index contributed by atoms with van der Waals surface area (Å²) in [6.45, 7) is 1.17. The van der Waals surface area contributed by atoms with Gasteiger partial charge in [-0.15, -0.1) is 0 Å². The molecule has 0 radical (unpaired) electrons. The molecular formula is C21H19N3O3. The van der Waals surface area contributed by atoms with Gasteiger partial charge < -0.3 is 9.47 Å². The van der Waals surface area contributed by atoms with E-state index in [1.165, 1.54) is 0 Å². The number of aromatic nitrogens is 1. The fraction of sp³-hybridized carbons (Fsp3) is 0.286. The number of hydrogen-bond acceptors (Lipinski definition) is 5. The van der Waals surface area contributed by atoms with Gasteiger partial charge in [-0.3, -0.25) is 9.88 Å². The largest absolute Gasteiger partial charge is 0.445 e. The Morgan fingerprint density at radius 2 is 2.11 bits per heavy atom. The van der Waals surface area contributed by atoms with Crippen molar-refractivity contribution in [1.29, 1.82) is 5.26 Å². The second-order valence-electron chi connectivity index (χ2n) is 6.65. The molecule has 136 valence electrons. The number of pyridine rings is 1. The fourth-order valence-electron chi connectivity index (χ4n) is 3.51. The summed E-state index contributed by atoms with van der Waals surface area (Å²) in [7, 11) is 0. The first kappa shape index (κ1) is 17.3. The van der Waals surface area contributed by atoms with E-state index in [2.05, 4.69) is 11.1 Å². The number of amides is 1. The zero-order valence-corrected chi connectivity index (χ0v) is 14.7. The van der Waals surface area contributed by atoms with Gasteiger partial charge in [-0.25, -0.2) is 4.79 Å². The van der Waals surface area contributed by atoms with Crippen LogP contribution in [0.15, 0.2) is 54.7 Å². The maximum Gasteiger partial charge on any atom is 0.411 e. The standard InChI is InChI=1S/C21H19N3O3/c22-10-16-6-7-20(23-11-16)17-8-18-13-26-14-19(9-17)24(18)21(25)27-12-15-4-2-1-3-5-15/h1-8,11,18-19H,9,12-14H2. The summed E-state index contributed by atoms with van der Waals surface area (Å²) < 4.78 is 11.2. The number of carbonyl (C=O) groups excluding carboxylic acids is 1. The topological polar surface area (TPSA) is 75.5 Å². The zero-order chi connectivity index (χ0) is 18.6. The van der Waals surface area contributed by atoms with E-state index in [4.69, 9.17) is 14.7 Å². The van der Waals surface area contributed by atoms with Crippen LogP contribution in [0.25, 0.3) is 5.57 Å². The molecule has 2 aliphatic heterocycles. The fourth-order valence-corrected chi connectivity index (χ4v) is 3.51. The Morgan fingerprint density at radius 1 is 1.26 bits per heavy atom. The van der Waals surface area contributed by atoms with Gasteiger partial charge in [0.15, 0.2) is 0 Å². The molecule has 1 fully saturated rings. The van der Waals surface area contributed by atoms with Crippen LogP contribution in [0.4, 0.5) is 4.79 Å². The van der Waals surface area contributed by atoms with Crippen molar-refractivity contribution in [2.24, 2.45) is 0 Å². The maximum absolute atomic E-state index is 12.7. The normalized spacial score (nSPS) is 21.1. The Labute approximate surface area is 157 Å². The van der Waals surface area contributed by atoms with Crippen LogP contribution in [-0.4, -0.2) is 41.3 Å². The molecule has 1 aromatic heterocycles. The van der Waals surface area contributed by atoms with Crippen molar-refractivity contribution in [3.8, 4) is 6.07 Å². The summed E-state index contributed by atoms with van der Waals surface area (Å²) in [4.78, 5) is 18.8. The van der Waals surface area contributed by atoms with Crippen LogP contribution in [0.3, 0.4) is 0 Å². The maximum atomic E-state index is 12.7. The lowest BCUT2D eigenvalue weighted by Crippen LogP contribution is -2.56. The van der Waals surface area contributed by atoms with Crippen molar-refractivity contribution in [3.05, 3.63) is 71.6 Å². The third kappa shape index (κ3) is 3.69. The highest BCUT2D eigenvalue weighted by molar-refractivity contribution is 5.73. The summed E-state index contributed by atoms with van der Waals surface area (Å²) in [5.41, 5.74) is 3.40. The molecule has 1 aromatic carbocycles. The Bertz CT molecular complexity index is 887. The molecule has 27 heavy (non-hydrogen) atoms. The number of fused-ring (bicyclic) bond motifs is 2. The van der Waals surface area contributed by atoms with E-state index in [0.29, 0.717) is 25.2 Å². The predicted molar refractivity (Wildman–Crippen MR) is 98.4 cm³/mol. The van der Waals surface area contributed by atoms with Crippen molar-refractivity contribution >= 4 is 11.7 Å². The van der Waals surface area contributed by atoms with Crippen LogP contribution in [0, 0.1) is 11.3 Å². The minimum absolute atomic E-state index is 0.0792. The van der Waals surface area contributed by atoms with E-state index in [1.54, 1.807) is 17.2 Å². The van der Waals surface area contributed by atoms with Gasteiger partial charge in [0.05, 0.1) is 36.6 Å². The quantitative estimate of drug-likeness (QED) is 0.839. The van der Waals surface area contributed by atoms with E-state index in [1.807, 2.05) is 42.5 Å². The minimum Gasteiger partial charge on any atom is -0.445 e. The SMILES string of the molecule is N#Cc1ccc(C2=CC3COCC(C2)N3C(=O)OCc2ccccc2)nc1. The molecule has 0 aliphatic carbocycles. The Balaban J connectivity index is 1.49. The lowest BCUT2D eigenvalue weighted by Gasteiger charge is -2.43. The monoisotopic (exact) mass is 361 g/mol. The van der Waals surface area contributed by atoms with Crippen LogP contribution in [0.5, 0.6) is 0 Å². The molecule has 4 rings (SSSR count). The van der Waals surface area contributed by atoms with E-state index < -0.39 is 0 Å². The first-order chi connectivity index (χ1) is 13.2. The Hall–Kier alpha value is -3.17. The molecule has 3 heterocycles. The number of ether oxygens (including phenoxy) is 2. The molecule has 2 atom stereocenters. The Morgan fingerprint density at radius 3 is 2.81 bits per heavy atom. The molecule has 2 aliphatic rings. The van der Waals surface area contributed by atoms with Crippen molar-refractivity contribution in [2.45, 2.75) is 25.1 Å². The van der Waals surface area contributed by atoms with Crippen molar-refractivity contribution in [2.75, 3.05) is 13.2 Å². The van der Waals surface area contributed by atoms with Crippen LogP contribution >= 0.6 is 0 Å². The third-order valence-electron chi connectivity index (χ3n) is 4.84. The molecule has 0 saturated carbocycles. The first-order valence-corrected chi connectivity index (χ1v) is 8.88. The molecule has 0 N–H and O–H groups in total. The van der Waals surface area contributed by atoms with Crippen LogP contribution < -0.4 is 0 Å². The highest BCUT2D eigenvalue weighted by Crippen LogP contribution is 2.32. The van der Waals surface area contributed by atoms with Crippen LogP contribution in [-0.2, 0) is 16.1 Å². The van der Waals surface area contributed by atoms with Crippen molar-refractivity contribution in [1.82, 2.24) is 9.88 Å². The van der Waals surface area contributed by atoms with E-state index in [-0.39, 0.29) is 24.8 Å². The van der Waals surface area contributed by atoms with Crippen LogP contribution in [0.1, 0.15) is 23.2 Å². The first-order valence-electron chi connectivity index (χ1n) is 8.88. The molecule has 1 amide bonds. The molecule has 2 bridgehead atoms. The molecule has 2 aromatic rings. The highest BCUT2D eigenvalue weighted by Gasteiger charge is 2.39. The lowest BCUT2D eigenvalue weighted by atomic mass is 9.92. The number of hydrogen-bond donors (Lipinski definition) is 0. The molecule has 2 unspecified atom stereocenters. The second kappa shape index (κ2) is 7.60. The summed E-state index contributed by atoms with van der Waals surface area (Å²) >= 11 is 0. The minimum atomic E-state index is -0.319. The lowest BCUT2D eigenvalue weighted by molar-refractivity contribution is -0.0342. The number of nitriles is 1. The number of nitrogens with zero attached hydrogens (tertiary/aromatic N) is 3. The highest BCUT2D eigenvalue weighted by atomic mass is 16.6. The molecular weight excluding hydrogens is 342 g/mol. The van der Waals surface area contributed by atoms with Gasteiger partial charge in [0.1, 0.15) is 12.7 Å². The van der Waals surface area contributed by atoms with Crippen LogP contribution in [0.2, 0.25) is 0 Å². The van der Waals surface area contributed by atoms with Gasteiger partial charge in [-0.2, -0.15) is 5.26 Å². The molecule has 6 nitrogen and oxygen atoms in total. The summed E-state index contributed by atoms with van der Waals surface area (Å²) in [6.07, 6.45) is 3.92. The number of morpholine rings is 1. The van der Waals surface area contributed by atoms with Gasteiger partial charge in [0.2, 0.25) is 0 Å². The molecule has 1 saturated heterocycles. The number of benzene rings is 1. The van der Waals surface area contributed by atoms with Gasteiger partial charge in [-0.1, -0.05) is 36.4 Å². The van der Waals surface area contributed by atoms with Crippen molar-refractivity contribution < 1.29 is 14.3 Å². The predicted octanol–water partition coefficient (Wildman–Crippen LogP) is 3.15. The van der Waals surface area contributed by atoms with Gasteiger partial charge in [-0.05, 0) is 29.7 Å². The number of carbonyl (C=O) groups is 1. The summed E-state index contributed by atoms with van der Waals surface area (Å²) in [6, 6.07) is 15.1. The average Bonchev–Trinajstić information content (AvgIpc) is 2.72. The van der Waals surface area contributed by atoms with Gasteiger partial charge >= 0.3 is 6.09 Å². The molecule has 0 spiro atoms. The third-order valence-corrected chi connectivity index (χ3v) is 4.84. The summed E-state index contributed by atoms with van der Waals surface area (Å²) in [5.74, 6) is 0. The summed E-state index contributed by atoms with van der Waals surface area (Å²) in [5, 5.41) is 8.92. The van der Waals surface area contributed by atoms with Crippen molar-refractivity contribution in [3.63, 3.8) is 0 Å². The zero-order valence-electron chi connectivity index (χ0n) is 14.7. The smallest absolute Gasteiger partial charge is 0.411 e. The van der Waals surface area contributed by atoms with Gasteiger partial charge in [0, 0.05) is 6.20 Å². The van der Waals surface area contributed by atoms with E-state index in [9.17, 15) is 4.79 Å². The van der Waals surface area contributed by atoms with Gasteiger partial charge in [0.25, 0.3) is 0 Å². The van der Waals surface area contributed by atoms with E-state index >= 15 is 0 Å². The molecule has 6 heteroatoms. The average molecular weight is 361 g/mol. The van der Waals surface area contributed by atoms with E-state index in [0.717, 1.165) is 16.8 Å². The number of rotatable bonds is 3. The second-order valence-corrected chi connectivity index (χ2v) is 6.65.